The van der Waals surface area contributed by atoms with Crippen molar-refractivity contribution in [1.82, 2.24) is 4.90 Å². The molecule has 0 radical (unpaired) electrons. The third-order valence-electron chi connectivity index (χ3n) is 4.17. The van der Waals surface area contributed by atoms with Gasteiger partial charge in [0, 0.05) is 13.6 Å². The Bertz CT molecular complexity index is 697. The summed E-state index contributed by atoms with van der Waals surface area (Å²) in [5, 5.41) is 0. The Balaban J connectivity index is 1.84. The lowest BCUT2D eigenvalue weighted by Crippen LogP contribution is -2.42. The highest BCUT2D eigenvalue weighted by Gasteiger charge is 2.32. The molecule has 0 fully saturated rings. The fourth-order valence-electron chi connectivity index (χ4n) is 2.59. The van der Waals surface area contributed by atoms with Crippen LogP contribution in [0.1, 0.15) is 25.8 Å². The Hall–Kier alpha value is -2.43. The van der Waals surface area contributed by atoms with Crippen molar-refractivity contribution in [3.05, 3.63) is 65.7 Å². The number of hydrogen-bond donors (Lipinski definition) is 0. The van der Waals surface area contributed by atoms with Crippen LogP contribution in [0.3, 0.4) is 0 Å². The number of nitrogens with zero attached hydrogens (tertiary/aromatic N) is 1. The maximum atomic E-state index is 13.1. The summed E-state index contributed by atoms with van der Waals surface area (Å²) in [6.45, 7) is 4.62. The molecule has 25 heavy (non-hydrogen) atoms. The quantitative estimate of drug-likeness (QED) is 0.704. The summed E-state index contributed by atoms with van der Waals surface area (Å²) >= 11 is 0. The summed E-state index contributed by atoms with van der Waals surface area (Å²) in [4.78, 5) is 14.4. The van der Waals surface area contributed by atoms with Crippen LogP contribution in [0.2, 0.25) is 0 Å². The zero-order valence-electron chi connectivity index (χ0n) is 14.8. The van der Waals surface area contributed by atoms with Crippen LogP contribution in [0, 0.1) is 11.6 Å². The molecule has 0 bridgehead atoms. The summed E-state index contributed by atoms with van der Waals surface area (Å²) in [6.07, 6.45) is 0.652. The predicted octanol–water partition coefficient (Wildman–Crippen LogP) is 4.17. The van der Waals surface area contributed by atoms with Gasteiger partial charge < -0.3 is 9.64 Å². The first-order chi connectivity index (χ1) is 11.8. The van der Waals surface area contributed by atoms with Gasteiger partial charge in [0.2, 0.25) is 5.91 Å². The van der Waals surface area contributed by atoms with Crippen LogP contribution >= 0.6 is 0 Å². The second kappa shape index (κ2) is 8.10. The molecule has 5 heteroatoms. The third-order valence-corrected chi connectivity index (χ3v) is 4.17. The number of carbonyl (C=O) groups is 1. The second-order valence-electron chi connectivity index (χ2n) is 6.51. The highest BCUT2D eigenvalue weighted by molar-refractivity contribution is 5.87. The smallest absolute Gasteiger partial charge is 0.232 e. The lowest BCUT2D eigenvalue weighted by atomic mass is 9.83. The Morgan fingerprint density at radius 1 is 1.00 bits per heavy atom. The highest BCUT2D eigenvalue weighted by atomic mass is 19.1. The normalized spacial score (nSPS) is 11.2. The van der Waals surface area contributed by atoms with Crippen LogP contribution in [0.5, 0.6) is 5.75 Å². The van der Waals surface area contributed by atoms with E-state index in [4.69, 9.17) is 4.74 Å². The number of ether oxygens (including phenoxy) is 1. The first-order valence-corrected chi connectivity index (χ1v) is 8.20. The van der Waals surface area contributed by atoms with Gasteiger partial charge in [-0.05, 0) is 62.2 Å². The zero-order chi connectivity index (χ0) is 18.4. The van der Waals surface area contributed by atoms with Gasteiger partial charge in [-0.15, -0.1) is 0 Å². The minimum atomic E-state index is -0.736. The van der Waals surface area contributed by atoms with Crippen molar-refractivity contribution in [2.75, 3.05) is 20.2 Å². The van der Waals surface area contributed by atoms with E-state index in [9.17, 15) is 13.6 Å². The summed E-state index contributed by atoms with van der Waals surface area (Å²) in [6, 6.07) is 11.8. The van der Waals surface area contributed by atoms with E-state index >= 15 is 0 Å². The Morgan fingerprint density at radius 2 is 1.52 bits per heavy atom. The van der Waals surface area contributed by atoms with E-state index in [-0.39, 0.29) is 17.5 Å². The van der Waals surface area contributed by atoms with Crippen molar-refractivity contribution < 1.29 is 18.3 Å². The number of rotatable bonds is 7. The molecule has 0 atom stereocenters. The number of carbonyl (C=O) groups excluding carboxylic acids is 1. The molecular formula is C20H23F2NO2. The SMILES string of the molecule is CN(CCCOc1ccc(F)cc1)C(=O)C(C)(C)c1ccc(F)cc1. The van der Waals surface area contributed by atoms with Crippen LogP contribution < -0.4 is 4.74 Å². The predicted molar refractivity (Wildman–Crippen MR) is 93.6 cm³/mol. The highest BCUT2D eigenvalue weighted by Crippen LogP contribution is 2.25. The van der Waals surface area contributed by atoms with Gasteiger partial charge in [-0.2, -0.15) is 0 Å². The first-order valence-electron chi connectivity index (χ1n) is 8.20. The van der Waals surface area contributed by atoms with Crippen LogP contribution in [0.25, 0.3) is 0 Å². The van der Waals surface area contributed by atoms with E-state index in [1.54, 1.807) is 36.2 Å². The van der Waals surface area contributed by atoms with Crippen LogP contribution in [-0.4, -0.2) is 31.0 Å². The average Bonchev–Trinajstić information content (AvgIpc) is 2.59. The van der Waals surface area contributed by atoms with Gasteiger partial charge in [-0.25, -0.2) is 8.78 Å². The molecule has 0 unspecified atom stereocenters. The van der Waals surface area contributed by atoms with E-state index in [1.807, 2.05) is 13.8 Å². The Morgan fingerprint density at radius 3 is 2.08 bits per heavy atom. The molecule has 0 aliphatic heterocycles. The lowest BCUT2D eigenvalue weighted by molar-refractivity contribution is -0.135. The number of halogens is 2. The molecule has 0 aliphatic carbocycles. The summed E-state index contributed by atoms with van der Waals surface area (Å²) in [7, 11) is 1.74. The number of likely N-dealkylation sites (N-methyl/N-ethyl adjacent to an activating group) is 1. The molecule has 2 aromatic carbocycles. The van der Waals surface area contributed by atoms with Crippen LogP contribution in [0.15, 0.2) is 48.5 Å². The maximum absolute atomic E-state index is 13.1. The summed E-state index contributed by atoms with van der Waals surface area (Å²) in [5.41, 5.74) is 0.0357. The molecule has 0 saturated carbocycles. The summed E-state index contributed by atoms with van der Waals surface area (Å²) in [5.74, 6) is -0.0677. The molecule has 0 spiro atoms. The number of amides is 1. The van der Waals surface area contributed by atoms with Crippen LogP contribution in [0.4, 0.5) is 8.78 Å². The molecule has 0 aliphatic rings. The lowest BCUT2D eigenvalue weighted by Gasteiger charge is -2.30. The van der Waals surface area contributed by atoms with E-state index < -0.39 is 5.41 Å². The third kappa shape index (κ3) is 5.02. The van der Waals surface area contributed by atoms with Gasteiger partial charge in [0.1, 0.15) is 17.4 Å². The van der Waals surface area contributed by atoms with E-state index in [0.717, 1.165) is 5.56 Å². The van der Waals surface area contributed by atoms with Crippen molar-refractivity contribution in [1.29, 1.82) is 0 Å². The second-order valence-corrected chi connectivity index (χ2v) is 6.51. The number of benzene rings is 2. The standard InChI is InChI=1S/C20H23F2NO2/c1-20(2,15-5-7-16(21)8-6-15)19(24)23(3)13-4-14-25-18-11-9-17(22)10-12-18/h5-12H,4,13-14H2,1-3H3. The van der Waals surface area contributed by atoms with Crippen molar-refractivity contribution >= 4 is 5.91 Å². The average molecular weight is 347 g/mol. The van der Waals surface area contributed by atoms with Gasteiger partial charge in [-0.1, -0.05) is 12.1 Å². The minimum absolute atomic E-state index is 0.0408. The molecule has 2 rings (SSSR count). The maximum Gasteiger partial charge on any atom is 0.232 e. The van der Waals surface area contributed by atoms with Gasteiger partial charge in [-0.3, -0.25) is 4.79 Å². The topological polar surface area (TPSA) is 29.5 Å². The molecule has 0 N–H and O–H groups in total. The van der Waals surface area contributed by atoms with Gasteiger partial charge >= 0.3 is 0 Å². The monoisotopic (exact) mass is 347 g/mol. The van der Waals surface area contributed by atoms with Crippen molar-refractivity contribution in [3.8, 4) is 5.75 Å². The molecule has 0 saturated heterocycles. The molecule has 1 amide bonds. The molecule has 2 aromatic rings. The van der Waals surface area contributed by atoms with Gasteiger partial charge in [0.05, 0.1) is 12.0 Å². The molecule has 0 aromatic heterocycles. The fourth-order valence-corrected chi connectivity index (χ4v) is 2.59. The molecule has 134 valence electrons. The van der Waals surface area contributed by atoms with Crippen molar-refractivity contribution in [2.24, 2.45) is 0 Å². The minimum Gasteiger partial charge on any atom is -0.494 e. The molecule has 0 heterocycles. The Labute approximate surface area is 147 Å². The Kier molecular flexibility index (Phi) is 6.12. The molecular weight excluding hydrogens is 324 g/mol. The molecule has 3 nitrogen and oxygen atoms in total. The fraction of sp³-hybridized carbons (Fsp3) is 0.350. The van der Waals surface area contributed by atoms with Crippen molar-refractivity contribution in [2.45, 2.75) is 25.7 Å². The zero-order valence-corrected chi connectivity index (χ0v) is 14.8. The largest absolute Gasteiger partial charge is 0.494 e. The van der Waals surface area contributed by atoms with E-state index in [1.165, 1.54) is 24.3 Å². The van der Waals surface area contributed by atoms with Gasteiger partial charge in [0.25, 0.3) is 0 Å². The first kappa shape index (κ1) is 18.9. The van der Waals surface area contributed by atoms with Gasteiger partial charge in [0.15, 0.2) is 0 Å². The van der Waals surface area contributed by atoms with Crippen LogP contribution in [-0.2, 0) is 10.2 Å². The van der Waals surface area contributed by atoms with Crippen molar-refractivity contribution in [3.63, 3.8) is 0 Å². The number of hydrogen-bond acceptors (Lipinski definition) is 2. The summed E-state index contributed by atoms with van der Waals surface area (Å²) < 4.78 is 31.4. The van der Waals surface area contributed by atoms with E-state index in [0.29, 0.717) is 25.3 Å². The van der Waals surface area contributed by atoms with E-state index in [2.05, 4.69) is 0 Å².